The summed E-state index contributed by atoms with van der Waals surface area (Å²) < 4.78 is 35.5. The fourth-order valence-electron chi connectivity index (χ4n) is 1.25. The Labute approximate surface area is 93.0 Å². The number of aliphatic hydroxyl groups excluding tert-OH is 1. The molecule has 0 aliphatic carbocycles. The molecular formula is C10H18F3NO2. The number of amides is 1. The van der Waals surface area contributed by atoms with E-state index < -0.39 is 24.9 Å². The van der Waals surface area contributed by atoms with Crippen LogP contribution < -0.4 is 5.32 Å². The van der Waals surface area contributed by atoms with Crippen LogP contribution in [0.25, 0.3) is 0 Å². The Morgan fingerprint density at radius 1 is 1.38 bits per heavy atom. The summed E-state index contributed by atoms with van der Waals surface area (Å²) in [5, 5.41) is 11.2. The number of halogens is 3. The van der Waals surface area contributed by atoms with Gasteiger partial charge in [0, 0.05) is 19.1 Å². The van der Waals surface area contributed by atoms with Crippen molar-refractivity contribution in [1.29, 1.82) is 0 Å². The molecule has 0 aliphatic heterocycles. The topological polar surface area (TPSA) is 49.3 Å². The van der Waals surface area contributed by atoms with E-state index in [1.807, 2.05) is 13.8 Å². The van der Waals surface area contributed by atoms with Crippen LogP contribution in [0.4, 0.5) is 13.2 Å². The summed E-state index contributed by atoms with van der Waals surface area (Å²) in [6.45, 7) is 3.58. The van der Waals surface area contributed by atoms with Crippen molar-refractivity contribution >= 4 is 5.91 Å². The molecule has 6 heteroatoms. The summed E-state index contributed by atoms with van der Waals surface area (Å²) in [6, 6.07) is -0.272. The molecule has 1 amide bonds. The lowest BCUT2D eigenvalue weighted by Crippen LogP contribution is -2.39. The summed E-state index contributed by atoms with van der Waals surface area (Å²) in [7, 11) is 0. The summed E-state index contributed by atoms with van der Waals surface area (Å²) in [5.41, 5.74) is 0. The number of aliphatic hydroxyl groups is 1. The minimum absolute atomic E-state index is 0.0852. The van der Waals surface area contributed by atoms with Gasteiger partial charge in [-0.05, 0) is 12.3 Å². The van der Waals surface area contributed by atoms with Crippen LogP contribution in [0.1, 0.15) is 33.1 Å². The van der Waals surface area contributed by atoms with Crippen molar-refractivity contribution in [2.75, 3.05) is 6.61 Å². The zero-order valence-corrected chi connectivity index (χ0v) is 9.47. The molecule has 96 valence electrons. The molecule has 0 aliphatic rings. The summed E-state index contributed by atoms with van der Waals surface area (Å²) in [6.07, 6.45) is -5.61. The molecule has 3 nitrogen and oxygen atoms in total. The van der Waals surface area contributed by atoms with Gasteiger partial charge in [-0.15, -0.1) is 0 Å². The number of nitrogens with one attached hydrogen (secondary N) is 1. The van der Waals surface area contributed by atoms with Gasteiger partial charge in [0.25, 0.3) is 0 Å². The predicted octanol–water partition coefficient (Wildman–Crippen LogP) is 1.85. The third kappa shape index (κ3) is 7.50. The molecule has 1 atom stereocenters. The van der Waals surface area contributed by atoms with E-state index in [-0.39, 0.29) is 18.6 Å². The van der Waals surface area contributed by atoms with Crippen molar-refractivity contribution < 1.29 is 23.1 Å². The van der Waals surface area contributed by atoms with Gasteiger partial charge in [-0.3, -0.25) is 4.79 Å². The van der Waals surface area contributed by atoms with Crippen LogP contribution in [0.5, 0.6) is 0 Å². The molecule has 0 saturated heterocycles. The molecule has 0 aromatic rings. The first-order chi connectivity index (χ1) is 7.26. The number of hydrogen-bond donors (Lipinski definition) is 2. The Morgan fingerprint density at radius 2 is 1.94 bits per heavy atom. The molecule has 0 saturated carbocycles. The van der Waals surface area contributed by atoms with E-state index in [0.717, 1.165) is 0 Å². The Hall–Kier alpha value is -0.780. The van der Waals surface area contributed by atoms with Crippen molar-refractivity contribution in [3.05, 3.63) is 0 Å². The van der Waals surface area contributed by atoms with Gasteiger partial charge in [0.1, 0.15) is 0 Å². The van der Waals surface area contributed by atoms with E-state index in [9.17, 15) is 18.0 Å². The van der Waals surface area contributed by atoms with Gasteiger partial charge in [-0.1, -0.05) is 13.8 Å². The maximum atomic E-state index is 11.8. The Kier molecular flexibility index (Phi) is 6.40. The molecule has 0 radical (unpaired) electrons. The monoisotopic (exact) mass is 241 g/mol. The molecule has 2 N–H and O–H groups in total. The lowest BCUT2D eigenvalue weighted by molar-refractivity contribution is -0.144. The van der Waals surface area contributed by atoms with E-state index in [1.54, 1.807) is 0 Å². The fraction of sp³-hybridized carbons (Fsp3) is 0.900. The van der Waals surface area contributed by atoms with Crippen LogP contribution in [-0.2, 0) is 4.79 Å². The highest BCUT2D eigenvalue weighted by molar-refractivity contribution is 5.76. The molecule has 0 fully saturated rings. The molecule has 0 aromatic carbocycles. The number of carbonyl (C=O) groups is 1. The van der Waals surface area contributed by atoms with E-state index in [4.69, 9.17) is 5.11 Å². The SMILES string of the molecule is CC(C)C(CCO)NC(=O)CCC(F)(F)F. The minimum Gasteiger partial charge on any atom is -0.396 e. The van der Waals surface area contributed by atoms with Gasteiger partial charge in [0.15, 0.2) is 0 Å². The quantitative estimate of drug-likeness (QED) is 0.745. The van der Waals surface area contributed by atoms with E-state index in [0.29, 0.717) is 6.42 Å². The number of rotatable bonds is 6. The first kappa shape index (κ1) is 15.2. The van der Waals surface area contributed by atoms with Crippen LogP contribution in [0.2, 0.25) is 0 Å². The van der Waals surface area contributed by atoms with Crippen LogP contribution in [0.3, 0.4) is 0 Å². The van der Waals surface area contributed by atoms with Gasteiger partial charge >= 0.3 is 6.18 Å². The smallest absolute Gasteiger partial charge is 0.389 e. The minimum atomic E-state index is -4.30. The van der Waals surface area contributed by atoms with Gasteiger partial charge in [0.05, 0.1) is 6.42 Å². The number of hydrogen-bond acceptors (Lipinski definition) is 2. The van der Waals surface area contributed by atoms with E-state index >= 15 is 0 Å². The van der Waals surface area contributed by atoms with Crippen molar-refractivity contribution in [1.82, 2.24) is 5.32 Å². The molecule has 0 spiro atoms. The Morgan fingerprint density at radius 3 is 2.31 bits per heavy atom. The third-order valence-electron chi connectivity index (χ3n) is 2.23. The molecular weight excluding hydrogens is 223 g/mol. The fourth-order valence-corrected chi connectivity index (χ4v) is 1.25. The second-order valence-corrected chi connectivity index (χ2v) is 4.05. The molecule has 0 rings (SSSR count). The summed E-state index contributed by atoms with van der Waals surface area (Å²) in [5.74, 6) is -0.536. The zero-order valence-electron chi connectivity index (χ0n) is 9.47. The largest absolute Gasteiger partial charge is 0.396 e. The van der Waals surface area contributed by atoms with Gasteiger partial charge in [0.2, 0.25) is 5.91 Å². The Balaban J connectivity index is 4.00. The maximum absolute atomic E-state index is 11.8. The molecule has 1 unspecified atom stereocenters. The van der Waals surface area contributed by atoms with Crippen LogP contribution >= 0.6 is 0 Å². The second-order valence-electron chi connectivity index (χ2n) is 4.05. The van der Waals surface area contributed by atoms with Crippen molar-refractivity contribution in [3.8, 4) is 0 Å². The number of carbonyl (C=O) groups excluding carboxylic acids is 1. The third-order valence-corrected chi connectivity index (χ3v) is 2.23. The first-order valence-corrected chi connectivity index (χ1v) is 5.23. The van der Waals surface area contributed by atoms with Gasteiger partial charge < -0.3 is 10.4 Å². The predicted molar refractivity (Wildman–Crippen MR) is 53.8 cm³/mol. The average molecular weight is 241 g/mol. The molecule has 0 aromatic heterocycles. The van der Waals surface area contributed by atoms with Crippen LogP contribution in [-0.4, -0.2) is 29.8 Å². The van der Waals surface area contributed by atoms with Gasteiger partial charge in [-0.25, -0.2) is 0 Å². The highest BCUT2D eigenvalue weighted by Gasteiger charge is 2.28. The lowest BCUT2D eigenvalue weighted by Gasteiger charge is -2.21. The Bertz CT molecular complexity index is 217. The van der Waals surface area contributed by atoms with E-state index in [2.05, 4.69) is 5.32 Å². The van der Waals surface area contributed by atoms with Crippen LogP contribution in [0, 0.1) is 5.92 Å². The van der Waals surface area contributed by atoms with Crippen molar-refractivity contribution in [2.24, 2.45) is 5.92 Å². The average Bonchev–Trinajstić information content (AvgIpc) is 2.13. The van der Waals surface area contributed by atoms with Crippen molar-refractivity contribution in [3.63, 3.8) is 0 Å². The lowest BCUT2D eigenvalue weighted by atomic mass is 10.0. The summed E-state index contributed by atoms with van der Waals surface area (Å²) >= 11 is 0. The first-order valence-electron chi connectivity index (χ1n) is 5.23. The highest BCUT2D eigenvalue weighted by Crippen LogP contribution is 2.21. The maximum Gasteiger partial charge on any atom is 0.389 e. The van der Waals surface area contributed by atoms with Crippen LogP contribution in [0.15, 0.2) is 0 Å². The number of alkyl halides is 3. The standard InChI is InChI=1S/C10H18F3NO2/c1-7(2)8(4-6-15)14-9(16)3-5-10(11,12)13/h7-8,15H,3-6H2,1-2H3,(H,14,16). The molecule has 16 heavy (non-hydrogen) atoms. The zero-order chi connectivity index (χ0) is 12.8. The van der Waals surface area contributed by atoms with E-state index in [1.165, 1.54) is 0 Å². The molecule has 0 bridgehead atoms. The summed E-state index contributed by atoms with van der Waals surface area (Å²) in [4.78, 5) is 11.2. The molecule has 0 heterocycles. The van der Waals surface area contributed by atoms with Gasteiger partial charge in [-0.2, -0.15) is 13.2 Å². The van der Waals surface area contributed by atoms with Crippen molar-refractivity contribution in [2.45, 2.75) is 45.3 Å². The highest BCUT2D eigenvalue weighted by atomic mass is 19.4. The normalized spacial score (nSPS) is 13.9. The second kappa shape index (κ2) is 6.73.